The fourth-order valence-corrected chi connectivity index (χ4v) is 5.21. The van der Waals surface area contributed by atoms with Crippen molar-refractivity contribution in [2.75, 3.05) is 31.1 Å². The number of hydrogen-bond donors (Lipinski definition) is 1. The number of carbonyl (C=O) groups is 1. The topological polar surface area (TPSA) is 43.8 Å². The smallest absolute Gasteiger partial charge is 0.320 e. The Morgan fingerprint density at radius 3 is 2.30 bits per heavy atom. The second kappa shape index (κ2) is 6.67. The monoisotopic (exact) mass is 298 g/mol. The van der Waals surface area contributed by atoms with Crippen LogP contribution < -0.4 is 0 Å². The van der Waals surface area contributed by atoms with E-state index in [-0.39, 0.29) is 6.04 Å². The molecule has 1 atom stereocenters. The molecular formula is C15H26N2O2S. The molecule has 3 rings (SSSR count). The zero-order chi connectivity index (χ0) is 13.9. The standard InChI is InChI=1S/C15H26N2O2S/c18-15(19)14-2-1-7-17(14)13-3-8-16(9-4-13)12-5-10-20-11-6-12/h12-14H,1-11H2,(H,18,19). The highest BCUT2D eigenvalue weighted by Gasteiger charge is 2.37. The van der Waals surface area contributed by atoms with Crippen LogP contribution in [-0.4, -0.2) is 70.1 Å². The number of hydrogen-bond acceptors (Lipinski definition) is 4. The van der Waals surface area contributed by atoms with Gasteiger partial charge in [0, 0.05) is 12.1 Å². The van der Waals surface area contributed by atoms with Crippen LogP contribution in [-0.2, 0) is 4.79 Å². The van der Waals surface area contributed by atoms with Crippen LogP contribution in [0.2, 0.25) is 0 Å². The molecule has 1 N–H and O–H groups in total. The number of likely N-dealkylation sites (tertiary alicyclic amines) is 2. The van der Waals surface area contributed by atoms with Gasteiger partial charge in [-0.2, -0.15) is 11.8 Å². The van der Waals surface area contributed by atoms with E-state index in [1.165, 1.54) is 37.4 Å². The third-order valence-electron chi connectivity index (χ3n) is 5.25. The van der Waals surface area contributed by atoms with Crippen molar-refractivity contribution in [2.24, 2.45) is 0 Å². The van der Waals surface area contributed by atoms with Crippen molar-refractivity contribution in [1.82, 2.24) is 9.80 Å². The molecule has 0 spiro atoms. The zero-order valence-corrected chi connectivity index (χ0v) is 13.0. The Labute approximate surface area is 125 Å². The van der Waals surface area contributed by atoms with Crippen LogP contribution in [0.5, 0.6) is 0 Å². The van der Waals surface area contributed by atoms with E-state index in [1.807, 2.05) is 0 Å². The Morgan fingerprint density at radius 2 is 1.65 bits per heavy atom. The van der Waals surface area contributed by atoms with Gasteiger partial charge in [-0.3, -0.25) is 9.69 Å². The number of carboxylic acid groups (broad SMARTS) is 1. The van der Waals surface area contributed by atoms with Crippen molar-refractivity contribution in [1.29, 1.82) is 0 Å². The minimum Gasteiger partial charge on any atom is -0.480 e. The Balaban J connectivity index is 1.51. The maximum absolute atomic E-state index is 11.3. The number of rotatable bonds is 3. The molecule has 0 aromatic heterocycles. The third-order valence-corrected chi connectivity index (χ3v) is 6.30. The van der Waals surface area contributed by atoms with Gasteiger partial charge < -0.3 is 10.0 Å². The van der Waals surface area contributed by atoms with E-state index in [4.69, 9.17) is 0 Å². The van der Waals surface area contributed by atoms with E-state index >= 15 is 0 Å². The quantitative estimate of drug-likeness (QED) is 0.862. The molecular weight excluding hydrogens is 272 g/mol. The van der Waals surface area contributed by atoms with Crippen LogP contribution in [0, 0.1) is 0 Å². The van der Waals surface area contributed by atoms with Crippen LogP contribution in [0.1, 0.15) is 38.5 Å². The molecule has 3 aliphatic heterocycles. The third kappa shape index (κ3) is 3.15. The summed E-state index contributed by atoms with van der Waals surface area (Å²) in [7, 11) is 0. The van der Waals surface area contributed by atoms with E-state index in [2.05, 4.69) is 21.6 Å². The molecule has 5 heteroatoms. The summed E-state index contributed by atoms with van der Waals surface area (Å²) < 4.78 is 0. The summed E-state index contributed by atoms with van der Waals surface area (Å²) in [4.78, 5) is 16.3. The van der Waals surface area contributed by atoms with Gasteiger partial charge >= 0.3 is 5.97 Å². The van der Waals surface area contributed by atoms with Crippen LogP contribution >= 0.6 is 11.8 Å². The van der Waals surface area contributed by atoms with Crippen molar-refractivity contribution < 1.29 is 9.90 Å². The van der Waals surface area contributed by atoms with Crippen LogP contribution in [0.25, 0.3) is 0 Å². The summed E-state index contributed by atoms with van der Waals surface area (Å²) in [5, 5.41) is 9.32. The summed E-state index contributed by atoms with van der Waals surface area (Å²) in [5.41, 5.74) is 0. The number of carboxylic acids is 1. The SMILES string of the molecule is O=C(O)C1CCCN1C1CCN(C2CCSCC2)CC1. The Morgan fingerprint density at radius 1 is 0.950 bits per heavy atom. The van der Waals surface area contributed by atoms with Gasteiger partial charge in [0.05, 0.1) is 0 Å². The minimum atomic E-state index is -0.616. The first-order valence-electron chi connectivity index (χ1n) is 8.06. The molecule has 0 radical (unpaired) electrons. The van der Waals surface area contributed by atoms with Crippen LogP contribution in [0.15, 0.2) is 0 Å². The minimum absolute atomic E-state index is 0.211. The zero-order valence-electron chi connectivity index (χ0n) is 12.2. The highest BCUT2D eigenvalue weighted by Crippen LogP contribution is 2.29. The normalized spacial score (nSPS) is 31.7. The second-order valence-corrected chi connectivity index (χ2v) is 7.57. The van der Waals surface area contributed by atoms with Gasteiger partial charge in [0.1, 0.15) is 6.04 Å². The van der Waals surface area contributed by atoms with Crippen molar-refractivity contribution >= 4 is 17.7 Å². The number of nitrogens with zero attached hydrogens (tertiary/aromatic N) is 2. The van der Waals surface area contributed by atoms with Crippen LogP contribution in [0.3, 0.4) is 0 Å². The fourth-order valence-electron chi connectivity index (χ4n) is 4.12. The van der Waals surface area contributed by atoms with Gasteiger partial charge in [-0.15, -0.1) is 0 Å². The molecule has 1 unspecified atom stereocenters. The van der Waals surface area contributed by atoms with Gasteiger partial charge in [-0.25, -0.2) is 0 Å². The molecule has 20 heavy (non-hydrogen) atoms. The highest BCUT2D eigenvalue weighted by atomic mass is 32.2. The number of aliphatic carboxylic acids is 1. The number of piperidine rings is 1. The van der Waals surface area contributed by atoms with Gasteiger partial charge in [0.25, 0.3) is 0 Å². The molecule has 0 bridgehead atoms. The predicted octanol–water partition coefficient (Wildman–Crippen LogP) is 1.90. The van der Waals surface area contributed by atoms with Gasteiger partial charge in [-0.1, -0.05) is 0 Å². The van der Waals surface area contributed by atoms with Gasteiger partial charge in [0.2, 0.25) is 0 Å². The molecule has 0 saturated carbocycles. The summed E-state index contributed by atoms with van der Waals surface area (Å²) in [6.45, 7) is 3.33. The Bertz CT molecular complexity index is 339. The summed E-state index contributed by atoms with van der Waals surface area (Å²) in [6, 6.07) is 1.09. The molecule has 0 amide bonds. The molecule has 4 nitrogen and oxygen atoms in total. The van der Waals surface area contributed by atoms with E-state index < -0.39 is 5.97 Å². The van der Waals surface area contributed by atoms with E-state index in [1.54, 1.807) is 0 Å². The van der Waals surface area contributed by atoms with E-state index in [0.717, 1.165) is 38.3 Å². The Kier molecular flexibility index (Phi) is 4.89. The van der Waals surface area contributed by atoms with Crippen molar-refractivity contribution in [2.45, 2.75) is 56.7 Å². The highest BCUT2D eigenvalue weighted by molar-refractivity contribution is 7.99. The van der Waals surface area contributed by atoms with E-state index in [9.17, 15) is 9.90 Å². The molecule has 3 aliphatic rings. The first-order chi connectivity index (χ1) is 9.75. The first kappa shape index (κ1) is 14.7. The molecule has 0 aromatic rings. The fraction of sp³-hybridized carbons (Fsp3) is 0.933. The van der Waals surface area contributed by atoms with Crippen molar-refractivity contribution in [3.05, 3.63) is 0 Å². The Hall–Kier alpha value is -0.260. The van der Waals surface area contributed by atoms with Crippen LogP contribution in [0.4, 0.5) is 0 Å². The summed E-state index contributed by atoms with van der Waals surface area (Å²) >= 11 is 2.09. The second-order valence-electron chi connectivity index (χ2n) is 6.34. The van der Waals surface area contributed by atoms with E-state index in [0.29, 0.717) is 6.04 Å². The average Bonchev–Trinajstić information content (AvgIpc) is 2.98. The van der Waals surface area contributed by atoms with Crippen molar-refractivity contribution in [3.63, 3.8) is 0 Å². The molecule has 3 heterocycles. The average molecular weight is 298 g/mol. The summed E-state index contributed by atoms with van der Waals surface area (Å²) in [6.07, 6.45) is 6.90. The predicted molar refractivity (Wildman–Crippen MR) is 82.3 cm³/mol. The lowest BCUT2D eigenvalue weighted by Crippen LogP contribution is -2.51. The maximum atomic E-state index is 11.3. The number of thioether (sulfide) groups is 1. The molecule has 3 saturated heterocycles. The lowest BCUT2D eigenvalue weighted by atomic mass is 9.99. The maximum Gasteiger partial charge on any atom is 0.320 e. The molecule has 3 fully saturated rings. The van der Waals surface area contributed by atoms with Gasteiger partial charge in [0.15, 0.2) is 0 Å². The molecule has 0 aliphatic carbocycles. The first-order valence-corrected chi connectivity index (χ1v) is 9.21. The summed E-state index contributed by atoms with van der Waals surface area (Å²) in [5.74, 6) is 2.02. The van der Waals surface area contributed by atoms with Crippen molar-refractivity contribution in [3.8, 4) is 0 Å². The lowest BCUT2D eigenvalue weighted by molar-refractivity contribution is -0.143. The largest absolute Gasteiger partial charge is 0.480 e. The molecule has 114 valence electrons. The lowest BCUT2D eigenvalue weighted by Gasteiger charge is -2.42. The van der Waals surface area contributed by atoms with Gasteiger partial charge in [-0.05, 0) is 69.7 Å². The molecule has 0 aromatic carbocycles.